The third-order valence-corrected chi connectivity index (χ3v) is 1.32. The molecule has 59 valence electrons. The van der Waals surface area contributed by atoms with Gasteiger partial charge in [-0.15, -0.1) is 0 Å². The molecule has 1 aromatic rings. The molecule has 1 nitrogen and oxygen atoms in total. The van der Waals surface area contributed by atoms with Crippen LogP contribution in [-0.2, 0) is 0 Å². The lowest BCUT2D eigenvalue weighted by atomic mass is 10.4. The van der Waals surface area contributed by atoms with E-state index in [0.717, 1.165) is 0 Å². The van der Waals surface area contributed by atoms with E-state index in [4.69, 9.17) is 0 Å². The molecule has 0 aromatic carbocycles. The SMILES string of the molecule is Fc1nc(F)c(F)c([S])c1F. The van der Waals surface area contributed by atoms with Crippen LogP contribution in [0.1, 0.15) is 0 Å². The number of nitrogens with zero attached hydrogens (tertiary/aromatic N) is 1. The second-order valence-electron chi connectivity index (χ2n) is 1.65. The standard InChI is InChI=1S/C5F4NS/c6-1-3(11)2(7)5(9)10-4(1)8. The fraction of sp³-hybridized carbons (Fsp3) is 0. The van der Waals surface area contributed by atoms with Gasteiger partial charge in [0.2, 0.25) is 0 Å². The summed E-state index contributed by atoms with van der Waals surface area (Å²) in [7, 11) is 0. The number of pyridine rings is 1. The second-order valence-corrected chi connectivity index (χ2v) is 2.06. The molecule has 0 atom stereocenters. The van der Waals surface area contributed by atoms with Crippen molar-refractivity contribution in [1.82, 2.24) is 4.98 Å². The van der Waals surface area contributed by atoms with Gasteiger partial charge in [0.25, 0.3) is 11.9 Å². The minimum absolute atomic E-state index is 1.12. The van der Waals surface area contributed by atoms with E-state index in [2.05, 4.69) is 17.6 Å². The zero-order chi connectivity index (χ0) is 8.59. The molecule has 0 spiro atoms. The van der Waals surface area contributed by atoms with Crippen molar-refractivity contribution < 1.29 is 17.6 Å². The Morgan fingerprint density at radius 1 is 0.909 bits per heavy atom. The predicted octanol–water partition coefficient (Wildman–Crippen LogP) is 2.19. The first kappa shape index (κ1) is 8.19. The molecule has 0 N–H and O–H groups in total. The Balaban J connectivity index is 3.46. The van der Waals surface area contributed by atoms with Gasteiger partial charge in [-0.2, -0.15) is 13.8 Å². The van der Waals surface area contributed by atoms with Crippen LogP contribution >= 0.6 is 12.6 Å². The highest BCUT2D eigenvalue weighted by Crippen LogP contribution is 2.19. The van der Waals surface area contributed by atoms with Gasteiger partial charge in [0.15, 0.2) is 11.6 Å². The van der Waals surface area contributed by atoms with Crippen LogP contribution in [0.4, 0.5) is 17.6 Å². The van der Waals surface area contributed by atoms with Crippen LogP contribution in [-0.4, -0.2) is 4.98 Å². The highest BCUT2D eigenvalue weighted by atomic mass is 32.1. The van der Waals surface area contributed by atoms with Gasteiger partial charge in [0, 0.05) is 0 Å². The van der Waals surface area contributed by atoms with Crippen molar-refractivity contribution in [2.45, 2.75) is 4.90 Å². The van der Waals surface area contributed by atoms with Crippen LogP contribution in [0.3, 0.4) is 0 Å². The lowest BCUT2D eigenvalue weighted by Crippen LogP contribution is -2.00. The number of hydrogen-bond donors (Lipinski definition) is 0. The summed E-state index contributed by atoms with van der Waals surface area (Å²) in [6, 6.07) is 0. The lowest BCUT2D eigenvalue weighted by molar-refractivity contribution is 0.384. The van der Waals surface area contributed by atoms with Crippen LogP contribution in [0.2, 0.25) is 0 Å². The number of halogens is 4. The van der Waals surface area contributed by atoms with E-state index in [0.29, 0.717) is 0 Å². The van der Waals surface area contributed by atoms with Crippen LogP contribution in [0.15, 0.2) is 4.90 Å². The fourth-order valence-corrected chi connectivity index (χ4v) is 0.636. The Bertz CT molecular complexity index is 275. The van der Waals surface area contributed by atoms with Gasteiger partial charge in [0.1, 0.15) is 4.90 Å². The Kier molecular flexibility index (Phi) is 1.95. The number of aromatic nitrogens is 1. The molecule has 0 aliphatic rings. The van der Waals surface area contributed by atoms with Crippen molar-refractivity contribution >= 4 is 12.6 Å². The van der Waals surface area contributed by atoms with Crippen molar-refractivity contribution in [2.24, 2.45) is 0 Å². The summed E-state index contributed by atoms with van der Waals surface area (Å²) < 4.78 is 48.6. The summed E-state index contributed by atoms with van der Waals surface area (Å²) >= 11 is 4.00. The summed E-state index contributed by atoms with van der Waals surface area (Å²) in [6.45, 7) is 0. The summed E-state index contributed by atoms with van der Waals surface area (Å²) in [6.07, 6.45) is 0. The summed E-state index contributed by atoms with van der Waals surface area (Å²) in [5, 5.41) is 0. The lowest BCUT2D eigenvalue weighted by Gasteiger charge is -1.96. The van der Waals surface area contributed by atoms with Crippen LogP contribution < -0.4 is 0 Å². The molecule has 0 aliphatic heterocycles. The van der Waals surface area contributed by atoms with Gasteiger partial charge < -0.3 is 0 Å². The van der Waals surface area contributed by atoms with Gasteiger partial charge in [-0.05, 0) is 0 Å². The summed E-state index contributed by atoms with van der Waals surface area (Å²) in [4.78, 5) is 1.17. The molecule has 0 bridgehead atoms. The van der Waals surface area contributed by atoms with Crippen molar-refractivity contribution in [3.05, 3.63) is 23.5 Å². The molecular formula is C5F4NS. The van der Waals surface area contributed by atoms with Gasteiger partial charge in [-0.3, -0.25) is 0 Å². The minimum Gasteiger partial charge on any atom is -0.200 e. The largest absolute Gasteiger partial charge is 0.253 e. The monoisotopic (exact) mass is 182 g/mol. The fourth-order valence-electron chi connectivity index (χ4n) is 0.468. The highest BCUT2D eigenvalue weighted by molar-refractivity contribution is 7.80. The van der Waals surface area contributed by atoms with Gasteiger partial charge in [-0.25, -0.2) is 8.78 Å². The number of rotatable bonds is 0. The molecule has 1 heterocycles. The molecule has 1 rings (SSSR count). The molecule has 1 radical (unpaired) electrons. The van der Waals surface area contributed by atoms with Crippen molar-refractivity contribution in [1.29, 1.82) is 0 Å². The van der Waals surface area contributed by atoms with E-state index >= 15 is 0 Å². The second kappa shape index (κ2) is 2.61. The highest BCUT2D eigenvalue weighted by Gasteiger charge is 2.18. The average Bonchev–Trinajstić information content (AvgIpc) is 1.97. The molecule has 0 fully saturated rings. The topological polar surface area (TPSA) is 12.9 Å². The third-order valence-electron chi connectivity index (χ3n) is 0.957. The molecule has 0 aliphatic carbocycles. The smallest absolute Gasteiger partial charge is 0.200 e. The molecule has 0 amide bonds. The summed E-state index contributed by atoms with van der Waals surface area (Å²) in [5.41, 5.74) is 0. The van der Waals surface area contributed by atoms with Crippen LogP contribution in [0, 0.1) is 23.5 Å². The average molecular weight is 182 g/mol. The Morgan fingerprint density at radius 3 is 1.64 bits per heavy atom. The maximum absolute atomic E-state index is 12.2. The molecular weight excluding hydrogens is 182 g/mol. The van der Waals surface area contributed by atoms with Crippen molar-refractivity contribution in [3.63, 3.8) is 0 Å². The molecule has 1 aromatic heterocycles. The zero-order valence-corrected chi connectivity index (χ0v) is 5.68. The van der Waals surface area contributed by atoms with Gasteiger partial charge in [-0.1, -0.05) is 12.6 Å². The normalized spacial score (nSPS) is 10.2. The summed E-state index contributed by atoms with van der Waals surface area (Å²) in [5.74, 6) is -6.74. The van der Waals surface area contributed by atoms with Crippen molar-refractivity contribution in [3.8, 4) is 0 Å². The Labute approximate surface area is 64.5 Å². The Morgan fingerprint density at radius 2 is 1.27 bits per heavy atom. The first-order chi connectivity index (χ1) is 5.04. The van der Waals surface area contributed by atoms with Crippen molar-refractivity contribution in [2.75, 3.05) is 0 Å². The maximum Gasteiger partial charge on any atom is 0.253 e. The molecule has 0 saturated carbocycles. The maximum atomic E-state index is 12.2. The molecule has 0 saturated heterocycles. The van der Waals surface area contributed by atoms with Crippen LogP contribution in [0.25, 0.3) is 0 Å². The van der Waals surface area contributed by atoms with Gasteiger partial charge in [0.05, 0.1) is 0 Å². The molecule has 11 heavy (non-hydrogen) atoms. The van der Waals surface area contributed by atoms with E-state index < -0.39 is 28.4 Å². The van der Waals surface area contributed by atoms with Crippen LogP contribution in [0.5, 0.6) is 0 Å². The van der Waals surface area contributed by atoms with E-state index in [1.165, 1.54) is 0 Å². The van der Waals surface area contributed by atoms with E-state index in [-0.39, 0.29) is 0 Å². The zero-order valence-electron chi connectivity index (χ0n) is 4.87. The first-order valence-electron chi connectivity index (χ1n) is 2.41. The van der Waals surface area contributed by atoms with E-state index in [9.17, 15) is 17.6 Å². The number of hydrogen-bond acceptors (Lipinski definition) is 1. The molecule has 6 heteroatoms. The van der Waals surface area contributed by atoms with Gasteiger partial charge >= 0.3 is 0 Å². The third kappa shape index (κ3) is 1.25. The quantitative estimate of drug-likeness (QED) is 0.442. The minimum atomic E-state index is -1.73. The molecule has 0 unspecified atom stereocenters. The van der Waals surface area contributed by atoms with E-state index in [1.54, 1.807) is 0 Å². The first-order valence-corrected chi connectivity index (χ1v) is 2.82. The Hall–Kier alpha value is -0.910. The predicted molar refractivity (Wildman–Crippen MR) is 29.9 cm³/mol. The van der Waals surface area contributed by atoms with E-state index in [1.807, 2.05) is 0 Å².